The monoisotopic (exact) mass is 312 g/mol. The summed E-state index contributed by atoms with van der Waals surface area (Å²) in [6.07, 6.45) is 7.73. The van der Waals surface area contributed by atoms with Crippen LogP contribution in [0.1, 0.15) is 55.6 Å². The lowest BCUT2D eigenvalue weighted by Crippen LogP contribution is -2.42. The van der Waals surface area contributed by atoms with Crippen molar-refractivity contribution in [1.82, 2.24) is 20.0 Å². The van der Waals surface area contributed by atoms with Crippen LogP contribution in [0.4, 0.5) is 0 Å². The number of carbonyl (C=O) groups is 1. The van der Waals surface area contributed by atoms with Crippen molar-refractivity contribution in [2.24, 2.45) is 0 Å². The van der Waals surface area contributed by atoms with Crippen molar-refractivity contribution in [1.29, 1.82) is 0 Å². The van der Waals surface area contributed by atoms with Gasteiger partial charge in [0.15, 0.2) is 0 Å². The van der Waals surface area contributed by atoms with Gasteiger partial charge in [-0.1, -0.05) is 0 Å². The van der Waals surface area contributed by atoms with E-state index in [1.54, 1.807) is 0 Å². The molecule has 1 amide bonds. The van der Waals surface area contributed by atoms with E-state index in [0.717, 1.165) is 38.9 Å². The average molecular weight is 313 g/mol. The van der Waals surface area contributed by atoms with E-state index in [2.05, 4.69) is 17.3 Å². The molecule has 2 aliphatic rings. The van der Waals surface area contributed by atoms with Crippen molar-refractivity contribution in [2.45, 2.75) is 51.1 Å². The van der Waals surface area contributed by atoms with Crippen LogP contribution in [0.5, 0.6) is 0 Å². The summed E-state index contributed by atoms with van der Waals surface area (Å²) < 4.78 is 1.97. The molecule has 118 valence electrons. The van der Waals surface area contributed by atoms with Crippen molar-refractivity contribution in [3.8, 4) is 0 Å². The largest absolute Gasteiger partial charge is 0.335 e. The number of aromatic nitrogens is 2. The Morgan fingerprint density at radius 3 is 2.90 bits per heavy atom. The van der Waals surface area contributed by atoms with Gasteiger partial charge in [0, 0.05) is 25.3 Å². The Labute approximate surface area is 132 Å². The lowest BCUT2D eigenvalue weighted by molar-refractivity contribution is 0.0628. The first-order chi connectivity index (χ1) is 9.75. The van der Waals surface area contributed by atoms with Crippen LogP contribution >= 0.6 is 12.4 Å². The third-order valence-electron chi connectivity index (χ3n) is 4.54. The molecule has 0 bridgehead atoms. The maximum absolute atomic E-state index is 12.5. The van der Waals surface area contributed by atoms with Gasteiger partial charge in [0.05, 0.1) is 6.04 Å². The predicted molar refractivity (Wildman–Crippen MR) is 85.0 cm³/mol. The minimum atomic E-state index is 0. The summed E-state index contributed by atoms with van der Waals surface area (Å²) in [6.45, 7) is 5.06. The van der Waals surface area contributed by atoms with Gasteiger partial charge < -0.3 is 10.2 Å². The van der Waals surface area contributed by atoms with E-state index < -0.39 is 0 Å². The summed E-state index contributed by atoms with van der Waals surface area (Å²) >= 11 is 0. The molecule has 5 nitrogen and oxygen atoms in total. The van der Waals surface area contributed by atoms with Gasteiger partial charge in [-0.3, -0.25) is 9.48 Å². The summed E-state index contributed by atoms with van der Waals surface area (Å²) in [7, 11) is 0. The van der Waals surface area contributed by atoms with Crippen LogP contribution in [0.25, 0.3) is 0 Å². The molecule has 3 heterocycles. The quantitative estimate of drug-likeness (QED) is 0.911. The molecular formula is C15H25ClN4O. The van der Waals surface area contributed by atoms with Gasteiger partial charge >= 0.3 is 0 Å². The first-order valence-electron chi connectivity index (χ1n) is 7.82. The molecule has 2 fully saturated rings. The number of hydrogen-bond donors (Lipinski definition) is 1. The van der Waals surface area contributed by atoms with Crippen molar-refractivity contribution < 1.29 is 4.79 Å². The highest BCUT2D eigenvalue weighted by atomic mass is 35.5. The van der Waals surface area contributed by atoms with Crippen LogP contribution < -0.4 is 5.32 Å². The zero-order chi connectivity index (χ0) is 13.9. The molecular weight excluding hydrogens is 288 g/mol. The zero-order valence-electron chi connectivity index (χ0n) is 12.6. The van der Waals surface area contributed by atoms with Gasteiger partial charge in [-0.25, -0.2) is 0 Å². The number of amides is 1. The maximum Gasteiger partial charge on any atom is 0.274 e. The third kappa shape index (κ3) is 3.58. The van der Waals surface area contributed by atoms with Gasteiger partial charge in [0.2, 0.25) is 0 Å². The normalized spacial score (nSPS) is 26.2. The maximum atomic E-state index is 12.5. The number of halogens is 1. The Bertz CT molecular complexity index is 470. The summed E-state index contributed by atoms with van der Waals surface area (Å²) in [5.74, 6) is 0.0970. The van der Waals surface area contributed by atoms with Gasteiger partial charge in [-0.15, -0.1) is 12.4 Å². The lowest BCUT2D eigenvalue weighted by Gasteiger charge is -2.32. The fourth-order valence-electron chi connectivity index (χ4n) is 3.26. The molecule has 1 aromatic rings. The summed E-state index contributed by atoms with van der Waals surface area (Å²) in [5.41, 5.74) is 0.601. The van der Waals surface area contributed by atoms with Gasteiger partial charge in [0.25, 0.3) is 5.91 Å². The Balaban J connectivity index is 0.00000161. The van der Waals surface area contributed by atoms with Crippen molar-refractivity contribution in [2.75, 3.05) is 19.6 Å². The second kappa shape index (κ2) is 7.27. The SMILES string of the molecule is CC1CCCCN1C(=O)c1ccn(C2CCCNC2)n1.Cl. The second-order valence-electron chi connectivity index (χ2n) is 6.02. The molecule has 1 N–H and O–H groups in total. The molecule has 2 saturated heterocycles. The van der Waals surface area contributed by atoms with Crippen LogP contribution in [0.2, 0.25) is 0 Å². The van der Waals surface area contributed by atoms with E-state index in [1.807, 2.05) is 21.8 Å². The van der Waals surface area contributed by atoms with Gasteiger partial charge in [-0.05, 0) is 51.6 Å². The minimum Gasteiger partial charge on any atom is -0.335 e. The van der Waals surface area contributed by atoms with Crippen LogP contribution in [-0.2, 0) is 0 Å². The van der Waals surface area contributed by atoms with Gasteiger partial charge in [0.1, 0.15) is 5.69 Å². The molecule has 3 rings (SSSR count). The Morgan fingerprint density at radius 1 is 1.33 bits per heavy atom. The topological polar surface area (TPSA) is 50.2 Å². The van der Waals surface area contributed by atoms with Crippen molar-refractivity contribution in [3.63, 3.8) is 0 Å². The number of hydrogen-bond acceptors (Lipinski definition) is 3. The molecule has 0 aromatic carbocycles. The summed E-state index contributed by atoms with van der Waals surface area (Å²) in [6, 6.07) is 2.61. The zero-order valence-corrected chi connectivity index (χ0v) is 13.4. The Kier molecular flexibility index (Phi) is 5.65. The summed E-state index contributed by atoms with van der Waals surface area (Å²) in [4.78, 5) is 14.5. The van der Waals surface area contributed by atoms with E-state index in [0.29, 0.717) is 17.8 Å². The van der Waals surface area contributed by atoms with E-state index in [9.17, 15) is 4.79 Å². The molecule has 0 aliphatic carbocycles. The van der Waals surface area contributed by atoms with E-state index in [1.165, 1.54) is 12.8 Å². The lowest BCUT2D eigenvalue weighted by atomic mass is 10.0. The minimum absolute atomic E-state index is 0. The highest BCUT2D eigenvalue weighted by Crippen LogP contribution is 2.20. The molecule has 21 heavy (non-hydrogen) atoms. The Morgan fingerprint density at radius 2 is 2.19 bits per heavy atom. The average Bonchev–Trinajstić information content (AvgIpc) is 2.98. The van der Waals surface area contributed by atoms with E-state index >= 15 is 0 Å². The van der Waals surface area contributed by atoms with Crippen LogP contribution in [0.15, 0.2) is 12.3 Å². The molecule has 2 atom stereocenters. The first-order valence-corrected chi connectivity index (χ1v) is 7.82. The molecule has 0 spiro atoms. The number of rotatable bonds is 2. The number of piperidine rings is 2. The number of nitrogens with zero attached hydrogens (tertiary/aromatic N) is 3. The molecule has 6 heteroatoms. The number of likely N-dealkylation sites (tertiary alicyclic amines) is 1. The smallest absolute Gasteiger partial charge is 0.274 e. The standard InChI is InChI=1S/C15H24N4O.ClH/c1-12-5-2-3-9-18(12)15(20)14-7-10-19(17-14)13-6-4-8-16-11-13;/h7,10,12-13,16H,2-6,8-9,11H2,1H3;1H. The fraction of sp³-hybridized carbons (Fsp3) is 0.733. The first kappa shape index (κ1) is 16.3. The van der Waals surface area contributed by atoms with Crippen LogP contribution in [-0.4, -0.2) is 46.3 Å². The molecule has 0 radical (unpaired) electrons. The van der Waals surface area contributed by atoms with Crippen LogP contribution in [0, 0.1) is 0 Å². The van der Waals surface area contributed by atoms with Gasteiger partial charge in [-0.2, -0.15) is 5.10 Å². The molecule has 2 aliphatic heterocycles. The number of nitrogens with one attached hydrogen (secondary N) is 1. The number of carbonyl (C=O) groups excluding carboxylic acids is 1. The molecule has 0 saturated carbocycles. The summed E-state index contributed by atoms with van der Waals surface area (Å²) in [5, 5.41) is 7.91. The molecule has 2 unspecified atom stereocenters. The third-order valence-corrected chi connectivity index (χ3v) is 4.54. The fourth-order valence-corrected chi connectivity index (χ4v) is 3.26. The van der Waals surface area contributed by atoms with E-state index in [-0.39, 0.29) is 18.3 Å². The highest BCUT2D eigenvalue weighted by molar-refractivity contribution is 5.92. The van der Waals surface area contributed by atoms with E-state index in [4.69, 9.17) is 0 Å². The predicted octanol–water partition coefficient (Wildman–Crippen LogP) is 2.24. The van der Waals surface area contributed by atoms with Crippen LogP contribution in [0.3, 0.4) is 0 Å². The molecule has 1 aromatic heterocycles. The van der Waals surface area contributed by atoms with Crippen molar-refractivity contribution >= 4 is 18.3 Å². The highest BCUT2D eigenvalue weighted by Gasteiger charge is 2.26. The Hall–Kier alpha value is -1.07. The second-order valence-corrected chi connectivity index (χ2v) is 6.02. The van der Waals surface area contributed by atoms with Crippen molar-refractivity contribution in [3.05, 3.63) is 18.0 Å².